The van der Waals surface area contributed by atoms with E-state index in [-0.39, 0.29) is 29.9 Å². The third-order valence-electron chi connectivity index (χ3n) is 6.71. The highest BCUT2D eigenvalue weighted by Gasteiger charge is 2.28. The van der Waals surface area contributed by atoms with E-state index >= 15 is 0 Å². The van der Waals surface area contributed by atoms with Gasteiger partial charge in [0.15, 0.2) is 0 Å². The van der Waals surface area contributed by atoms with E-state index in [1.165, 1.54) is 11.3 Å². The molecule has 4 heterocycles. The van der Waals surface area contributed by atoms with Gasteiger partial charge in [0.25, 0.3) is 5.56 Å². The first-order valence-electron chi connectivity index (χ1n) is 11.5. The first-order chi connectivity index (χ1) is 16.4. The van der Waals surface area contributed by atoms with E-state index in [0.29, 0.717) is 26.5 Å². The lowest BCUT2D eigenvalue weighted by Gasteiger charge is -2.35. The van der Waals surface area contributed by atoms with E-state index < -0.39 is 5.97 Å². The topological polar surface area (TPSA) is 113 Å². The van der Waals surface area contributed by atoms with Crippen LogP contribution < -0.4 is 11.2 Å². The second-order valence-electron chi connectivity index (χ2n) is 8.67. The summed E-state index contributed by atoms with van der Waals surface area (Å²) in [6, 6.07) is 7.77. The van der Waals surface area contributed by atoms with Crippen LogP contribution in [-0.2, 0) is 4.74 Å². The number of carbonyl (C=O) groups is 1. The fraction of sp³-hybridized carbons (Fsp3) is 0.417. The van der Waals surface area contributed by atoms with E-state index in [1.54, 1.807) is 13.8 Å². The van der Waals surface area contributed by atoms with Gasteiger partial charge in [-0.15, -0.1) is 11.3 Å². The zero-order chi connectivity index (χ0) is 24.0. The van der Waals surface area contributed by atoms with Crippen molar-refractivity contribution in [3.8, 4) is 0 Å². The Kier molecular flexibility index (Phi) is 5.86. The molecule has 34 heavy (non-hydrogen) atoms. The average Bonchev–Trinajstić information content (AvgIpc) is 3.35. The zero-order valence-corrected chi connectivity index (χ0v) is 20.2. The van der Waals surface area contributed by atoms with Gasteiger partial charge in [-0.2, -0.15) is 0 Å². The second kappa shape index (κ2) is 8.84. The number of likely N-dealkylation sites (tertiary alicyclic amines) is 1. The number of ether oxygens (including phenoxy) is 1. The van der Waals surface area contributed by atoms with Crippen molar-refractivity contribution in [3.63, 3.8) is 0 Å². The first-order valence-corrected chi connectivity index (χ1v) is 12.3. The number of thiophene rings is 1. The molecule has 10 heteroatoms. The molecule has 178 valence electrons. The lowest BCUT2D eigenvalue weighted by molar-refractivity contribution is 0.0531. The third kappa shape index (κ3) is 3.76. The highest BCUT2D eigenvalue weighted by Crippen LogP contribution is 2.31. The summed E-state index contributed by atoms with van der Waals surface area (Å²) in [5.74, 6) is 0.156. The van der Waals surface area contributed by atoms with E-state index in [1.807, 2.05) is 35.8 Å². The van der Waals surface area contributed by atoms with Gasteiger partial charge >= 0.3 is 11.7 Å². The van der Waals surface area contributed by atoms with Crippen molar-refractivity contribution in [1.29, 1.82) is 0 Å². The molecule has 1 aliphatic rings. The number of aromatic nitrogens is 4. The molecule has 5 rings (SSSR count). The van der Waals surface area contributed by atoms with Gasteiger partial charge in [-0.3, -0.25) is 14.3 Å². The third-order valence-corrected chi connectivity index (χ3v) is 7.88. The number of hydrogen-bond acceptors (Lipinski definition) is 7. The molecule has 1 aromatic carbocycles. The molecule has 0 radical (unpaired) electrons. The smallest absolute Gasteiger partial charge is 0.348 e. The Labute approximate surface area is 199 Å². The predicted molar refractivity (Wildman–Crippen MR) is 132 cm³/mol. The summed E-state index contributed by atoms with van der Waals surface area (Å²) in [4.78, 5) is 51.5. The highest BCUT2D eigenvalue weighted by atomic mass is 32.1. The molecule has 4 aromatic rings. The fourth-order valence-electron chi connectivity index (χ4n) is 4.89. The van der Waals surface area contributed by atoms with Crippen LogP contribution in [0.3, 0.4) is 0 Å². The molecule has 0 saturated carbocycles. The van der Waals surface area contributed by atoms with Gasteiger partial charge in [0.1, 0.15) is 15.5 Å². The number of rotatable bonds is 5. The van der Waals surface area contributed by atoms with Crippen LogP contribution in [0.25, 0.3) is 21.3 Å². The maximum atomic E-state index is 12.9. The number of esters is 1. The lowest BCUT2D eigenvalue weighted by Crippen LogP contribution is -2.39. The summed E-state index contributed by atoms with van der Waals surface area (Å²) < 4.78 is 6.99. The number of fused-ring (bicyclic) bond motifs is 2. The van der Waals surface area contributed by atoms with E-state index in [9.17, 15) is 14.4 Å². The molecular formula is C24H27N5O4S. The highest BCUT2D eigenvalue weighted by molar-refractivity contribution is 7.20. The molecule has 2 N–H and O–H groups in total. The van der Waals surface area contributed by atoms with Crippen LogP contribution in [0.2, 0.25) is 0 Å². The fourth-order valence-corrected chi connectivity index (χ4v) is 5.97. The number of H-pyrrole nitrogens is 2. The molecule has 1 atom stereocenters. The maximum absolute atomic E-state index is 12.9. The molecular weight excluding hydrogens is 454 g/mol. The molecule has 3 aromatic heterocycles. The Balaban J connectivity index is 1.37. The Hall–Kier alpha value is -3.24. The number of aromatic amines is 2. The Bertz CT molecular complexity index is 1490. The first kappa shape index (κ1) is 22.5. The number of aryl methyl sites for hydroxylation is 1. The molecule has 1 unspecified atom stereocenters. The van der Waals surface area contributed by atoms with Crippen molar-refractivity contribution in [1.82, 2.24) is 24.4 Å². The van der Waals surface area contributed by atoms with Crippen LogP contribution >= 0.6 is 11.3 Å². The number of carbonyl (C=O) groups excluding carboxylic acids is 1. The molecule has 0 amide bonds. The Morgan fingerprint density at radius 2 is 1.97 bits per heavy atom. The summed E-state index contributed by atoms with van der Waals surface area (Å²) in [5, 5.41) is 0.446. The quantitative estimate of drug-likeness (QED) is 0.422. The minimum atomic E-state index is -0.424. The molecule has 9 nitrogen and oxygen atoms in total. The molecule has 1 fully saturated rings. The number of benzene rings is 1. The van der Waals surface area contributed by atoms with Gasteiger partial charge in [-0.05, 0) is 51.3 Å². The summed E-state index contributed by atoms with van der Waals surface area (Å²) in [6.07, 6.45) is 1.65. The summed E-state index contributed by atoms with van der Waals surface area (Å²) in [7, 11) is 0. The number of hydrogen-bond donors (Lipinski definition) is 2. The van der Waals surface area contributed by atoms with Crippen molar-refractivity contribution in [2.45, 2.75) is 45.7 Å². The second-order valence-corrected chi connectivity index (χ2v) is 9.67. The van der Waals surface area contributed by atoms with E-state index in [4.69, 9.17) is 9.72 Å². The van der Waals surface area contributed by atoms with Crippen LogP contribution in [0.4, 0.5) is 0 Å². The van der Waals surface area contributed by atoms with Crippen molar-refractivity contribution in [2.24, 2.45) is 0 Å². The lowest BCUT2D eigenvalue weighted by atomic mass is 10.0. The van der Waals surface area contributed by atoms with Crippen molar-refractivity contribution in [3.05, 3.63) is 61.4 Å². The number of imidazole rings is 1. The molecule has 1 aliphatic heterocycles. The van der Waals surface area contributed by atoms with Gasteiger partial charge in [-0.25, -0.2) is 14.6 Å². The Morgan fingerprint density at radius 3 is 2.71 bits per heavy atom. The number of nitrogens with zero attached hydrogens (tertiary/aromatic N) is 3. The minimum Gasteiger partial charge on any atom is -0.462 e. The van der Waals surface area contributed by atoms with Gasteiger partial charge in [0.05, 0.1) is 29.1 Å². The molecule has 0 spiro atoms. The van der Waals surface area contributed by atoms with Crippen LogP contribution in [0.1, 0.15) is 59.8 Å². The monoisotopic (exact) mass is 481 g/mol. The molecule has 0 bridgehead atoms. The van der Waals surface area contributed by atoms with Crippen LogP contribution in [0.5, 0.6) is 0 Å². The van der Waals surface area contributed by atoms with Crippen molar-refractivity contribution < 1.29 is 9.53 Å². The number of piperidine rings is 1. The standard InChI is InChI=1S/C24H27N5O4S/c1-4-33-23(31)19-13(2)18-21(30)26-20(27-22(18)34-19)14(3)28-11-9-15(10-12-28)29-17-8-6-5-7-16(17)25-24(29)32/h5-8,14-15H,4,9-12H2,1-3H3,(H,25,32)(H,26,27,30). The summed E-state index contributed by atoms with van der Waals surface area (Å²) >= 11 is 1.20. The van der Waals surface area contributed by atoms with Gasteiger partial charge in [0.2, 0.25) is 0 Å². The van der Waals surface area contributed by atoms with E-state index in [2.05, 4.69) is 14.9 Å². The number of nitrogens with one attached hydrogen (secondary N) is 2. The molecule has 0 aliphatic carbocycles. The normalized spacial score (nSPS) is 16.3. The molecule has 1 saturated heterocycles. The average molecular weight is 482 g/mol. The maximum Gasteiger partial charge on any atom is 0.348 e. The van der Waals surface area contributed by atoms with Gasteiger partial charge in [-0.1, -0.05) is 12.1 Å². The van der Waals surface area contributed by atoms with Gasteiger partial charge in [0, 0.05) is 19.1 Å². The zero-order valence-electron chi connectivity index (χ0n) is 19.4. The SMILES string of the molecule is CCOC(=O)c1sc2nc(C(C)N3CCC(n4c(=O)[nH]c5ccccc54)CC3)[nH]c(=O)c2c1C. The van der Waals surface area contributed by atoms with Crippen LogP contribution in [-0.4, -0.2) is 50.1 Å². The number of para-hydroxylation sites is 2. The van der Waals surface area contributed by atoms with E-state index in [0.717, 1.165) is 37.0 Å². The minimum absolute atomic E-state index is 0.0744. The van der Waals surface area contributed by atoms with Gasteiger partial charge < -0.3 is 14.7 Å². The van der Waals surface area contributed by atoms with Crippen molar-refractivity contribution >= 4 is 38.6 Å². The van der Waals surface area contributed by atoms with Crippen LogP contribution in [0, 0.1) is 6.92 Å². The Morgan fingerprint density at radius 1 is 1.24 bits per heavy atom. The summed E-state index contributed by atoms with van der Waals surface area (Å²) in [5.41, 5.74) is 2.08. The summed E-state index contributed by atoms with van der Waals surface area (Å²) in [6.45, 7) is 7.36. The van der Waals surface area contributed by atoms with Crippen molar-refractivity contribution in [2.75, 3.05) is 19.7 Å². The predicted octanol–water partition coefficient (Wildman–Crippen LogP) is 3.51. The van der Waals surface area contributed by atoms with Crippen LogP contribution in [0.15, 0.2) is 33.9 Å². The largest absolute Gasteiger partial charge is 0.462 e.